The lowest BCUT2D eigenvalue weighted by Gasteiger charge is -2.31. The number of carbonyl (C=O) groups is 1. The van der Waals surface area contributed by atoms with Crippen molar-refractivity contribution in [1.29, 1.82) is 0 Å². The van der Waals surface area contributed by atoms with Crippen molar-refractivity contribution in [3.05, 3.63) is 45.4 Å². The van der Waals surface area contributed by atoms with Gasteiger partial charge in [-0.05, 0) is 51.2 Å². The summed E-state index contributed by atoms with van der Waals surface area (Å²) in [5.41, 5.74) is 0.958. The molecule has 0 aromatic carbocycles. The molecule has 0 bridgehead atoms. The molecule has 25 heavy (non-hydrogen) atoms. The first-order valence-corrected chi connectivity index (χ1v) is 8.94. The average molecular weight is 341 g/mol. The van der Waals surface area contributed by atoms with Crippen LogP contribution in [-0.4, -0.2) is 43.6 Å². The Hall–Kier alpha value is -2.44. The SMILES string of the molecule is Cc1nc(C2CCN(C(=O)c3c(C)ccn(C4CC4)c3=O)CC2)n[nH]1. The van der Waals surface area contributed by atoms with Crippen LogP contribution in [0.2, 0.25) is 0 Å². The number of aryl methyl sites for hydroxylation is 2. The maximum Gasteiger partial charge on any atom is 0.263 e. The number of likely N-dealkylation sites (tertiary alicyclic amines) is 1. The molecule has 2 fully saturated rings. The van der Waals surface area contributed by atoms with Crippen LogP contribution in [0.1, 0.15) is 65.2 Å². The molecule has 0 unspecified atom stereocenters. The van der Waals surface area contributed by atoms with Crippen LogP contribution in [0.5, 0.6) is 0 Å². The van der Waals surface area contributed by atoms with Gasteiger partial charge in [-0.2, -0.15) is 5.10 Å². The normalized spacial score (nSPS) is 18.6. The van der Waals surface area contributed by atoms with Crippen molar-refractivity contribution in [2.45, 2.75) is 51.5 Å². The van der Waals surface area contributed by atoms with Crippen LogP contribution in [0.3, 0.4) is 0 Å². The number of aromatic amines is 1. The molecular formula is C18H23N5O2. The Kier molecular flexibility index (Phi) is 3.94. The summed E-state index contributed by atoms with van der Waals surface area (Å²) >= 11 is 0. The lowest BCUT2D eigenvalue weighted by atomic mass is 9.95. The molecule has 132 valence electrons. The largest absolute Gasteiger partial charge is 0.338 e. The Bertz CT molecular complexity index is 857. The van der Waals surface area contributed by atoms with Crippen LogP contribution in [0.4, 0.5) is 0 Å². The van der Waals surface area contributed by atoms with E-state index in [1.165, 1.54) is 0 Å². The highest BCUT2D eigenvalue weighted by molar-refractivity contribution is 5.95. The minimum absolute atomic E-state index is 0.137. The summed E-state index contributed by atoms with van der Waals surface area (Å²) in [5.74, 6) is 1.78. The monoisotopic (exact) mass is 341 g/mol. The van der Waals surface area contributed by atoms with Crippen LogP contribution in [-0.2, 0) is 0 Å². The Labute approximate surface area is 146 Å². The van der Waals surface area contributed by atoms with E-state index in [0.29, 0.717) is 18.7 Å². The van der Waals surface area contributed by atoms with E-state index in [4.69, 9.17) is 0 Å². The van der Waals surface area contributed by atoms with Gasteiger partial charge in [0.1, 0.15) is 11.4 Å². The molecule has 1 aliphatic heterocycles. The molecule has 1 N–H and O–H groups in total. The summed E-state index contributed by atoms with van der Waals surface area (Å²) in [6, 6.07) is 2.16. The van der Waals surface area contributed by atoms with Gasteiger partial charge in [0.15, 0.2) is 5.82 Å². The highest BCUT2D eigenvalue weighted by atomic mass is 16.2. The van der Waals surface area contributed by atoms with Crippen molar-refractivity contribution >= 4 is 5.91 Å². The predicted octanol–water partition coefficient (Wildman–Crippen LogP) is 1.94. The lowest BCUT2D eigenvalue weighted by molar-refractivity contribution is 0.0708. The zero-order valence-electron chi connectivity index (χ0n) is 14.7. The molecule has 3 heterocycles. The van der Waals surface area contributed by atoms with Gasteiger partial charge < -0.3 is 9.47 Å². The average Bonchev–Trinajstić information content (AvgIpc) is 3.35. The molecule has 0 radical (unpaired) electrons. The zero-order chi connectivity index (χ0) is 17.6. The van der Waals surface area contributed by atoms with Crippen LogP contribution >= 0.6 is 0 Å². The molecule has 0 spiro atoms. The molecular weight excluding hydrogens is 318 g/mol. The number of piperidine rings is 1. The van der Waals surface area contributed by atoms with Gasteiger partial charge >= 0.3 is 0 Å². The van der Waals surface area contributed by atoms with Crippen LogP contribution in [0, 0.1) is 13.8 Å². The van der Waals surface area contributed by atoms with Gasteiger partial charge in [0, 0.05) is 31.2 Å². The molecule has 1 amide bonds. The molecule has 7 nitrogen and oxygen atoms in total. The summed E-state index contributed by atoms with van der Waals surface area (Å²) in [6.45, 7) is 5.00. The van der Waals surface area contributed by atoms with Crippen LogP contribution in [0.25, 0.3) is 0 Å². The minimum Gasteiger partial charge on any atom is -0.338 e. The standard InChI is InChI=1S/C18H23N5O2/c1-11-5-10-23(14-3-4-14)18(25)15(11)17(24)22-8-6-13(7-9-22)16-19-12(2)20-21-16/h5,10,13-14H,3-4,6-9H2,1-2H3,(H,19,20,21). The number of pyridine rings is 1. The second-order valence-electron chi connectivity index (χ2n) is 7.16. The van der Waals surface area contributed by atoms with Crippen molar-refractivity contribution in [3.8, 4) is 0 Å². The smallest absolute Gasteiger partial charge is 0.263 e. The minimum atomic E-state index is -0.140. The van der Waals surface area contributed by atoms with Gasteiger partial charge in [-0.15, -0.1) is 0 Å². The fourth-order valence-electron chi connectivity index (χ4n) is 3.58. The molecule has 4 rings (SSSR count). The number of rotatable bonds is 3. The van der Waals surface area contributed by atoms with Crippen LogP contribution < -0.4 is 5.56 Å². The van der Waals surface area contributed by atoms with Crippen molar-refractivity contribution in [2.75, 3.05) is 13.1 Å². The molecule has 2 aliphatic rings. The van der Waals surface area contributed by atoms with E-state index in [-0.39, 0.29) is 23.4 Å². The Morgan fingerprint density at radius 2 is 1.92 bits per heavy atom. The third-order valence-electron chi connectivity index (χ3n) is 5.24. The molecule has 7 heteroatoms. The van der Waals surface area contributed by atoms with Gasteiger partial charge in [0.2, 0.25) is 0 Å². The Morgan fingerprint density at radius 1 is 1.20 bits per heavy atom. The van der Waals surface area contributed by atoms with E-state index in [1.807, 2.05) is 26.1 Å². The second kappa shape index (κ2) is 6.13. The lowest BCUT2D eigenvalue weighted by Crippen LogP contribution is -2.41. The second-order valence-corrected chi connectivity index (χ2v) is 7.16. The summed E-state index contributed by atoms with van der Waals surface area (Å²) in [5, 5.41) is 7.12. The van der Waals surface area contributed by atoms with Crippen molar-refractivity contribution < 1.29 is 4.79 Å². The van der Waals surface area contributed by atoms with E-state index < -0.39 is 0 Å². The third-order valence-corrected chi connectivity index (χ3v) is 5.24. The van der Waals surface area contributed by atoms with Gasteiger partial charge in [0.25, 0.3) is 11.5 Å². The number of hydrogen-bond acceptors (Lipinski definition) is 4. The molecule has 2 aromatic heterocycles. The van der Waals surface area contributed by atoms with E-state index in [0.717, 1.165) is 42.9 Å². The van der Waals surface area contributed by atoms with Gasteiger partial charge in [-0.3, -0.25) is 14.7 Å². The highest BCUT2D eigenvalue weighted by Gasteiger charge is 2.31. The summed E-state index contributed by atoms with van der Waals surface area (Å²) in [7, 11) is 0. The Morgan fingerprint density at radius 3 is 2.52 bits per heavy atom. The first kappa shape index (κ1) is 16.1. The molecule has 2 aromatic rings. The zero-order valence-corrected chi connectivity index (χ0v) is 14.7. The first-order chi connectivity index (χ1) is 12.0. The van der Waals surface area contributed by atoms with E-state index in [9.17, 15) is 9.59 Å². The number of nitrogens with zero attached hydrogens (tertiary/aromatic N) is 4. The maximum absolute atomic E-state index is 13.0. The Balaban J connectivity index is 1.51. The van der Waals surface area contributed by atoms with Gasteiger partial charge in [0.05, 0.1) is 0 Å². The van der Waals surface area contributed by atoms with Crippen LogP contribution in [0.15, 0.2) is 17.1 Å². The molecule has 1 aliphatic carbocycles. The first-order valence-electron chi connectivity index (χ1n) is 8.94. The van der Waals surface area contributed by atoms with E-state index >= 15 is 0 Å². The number of H-pyrrole nitrogens is 1. The number of nitrogens with one attached hydrogen (secondary N) is 1. The summed E-state index contributed by atoms with van der Waals surface area (Å²) in [6.07, 6.45) is 5.53. The van der Waals surface area contributed by atoms with E-state index in [1.54, 1.807) is 9.47 Å². The quantitative estimate of drug-likeness (QED) is 0.925. The number of carbonyl (C=O) groups excluding carboxylic acids is 1. The van der Waals surface area contributed by atoms with Crippen molar-refractivity contribution in [2.24, 2.45) is 0 Å². The summed E-state index contributed by atoms with van der Waals surface area (Å²) in [4.78, 5) is 31.9. The highest BCUT2D eigenvalue weighted by Crippen LogP contribution is 2.33. The molecule has 0 atom stereocenters. The van der Waals surface area contributed by atoms with Gasteiger partial charge in [-0.1, -0.05) is 0 Å². The fourth-order valence-corrected chi connectivity index (χ4v) is 3.58. The van der Waals surface area contributed by atoms with Gasteiger partial charge in [-0.25, -0.2) is 4.98 Å². The molecule has 1 saturated carbocycles. The van der Waals surface area contributed by atoms with E-state index in [2.05, 4.69) is 15.2 Å². The third kappa shape index (κ3) is 2.99. The van der Waals surface area contributed by atoms with Crippen molar-refractivity contribution in [3.63, 3.8) is 0 Å². The van der Waals surface area contributed by atoms with Crippen molar-refractivity contribution in [1.82, 2.24) is 24.6 Å². The summed E-state index contributed by atoms with van der Waals surface area (Å²) < 4.78 is 1.73. The topological polar surface area (TPSA) is 83.9 Å². The number of amides is 1. The number of aromatic nitrogens is 4. The molecule has 1 saturated heterocycles. The number of hydrogen-bond donors (Lipinski definition) is 1. The maximum atomic E-state index is 13.0. The predicted molar refractivity (Wildman–Crippen MR) is 92.7 cm³/mol. The fraction of sp³-hybridized carbons (Fsp3) is 0.556.